The fourth-order valence-electron chi connectivity index (χ4n) is 2.34. The molecule has 0 aromatic carbocycles. The van der Waals surface area contributed by atoms with Crippen LogP contribution in [0.5, 0.6) is 0 Å². The Morgan fingerprint density at radius 3 is 2.72 bits per heavy atom. The molecule has 18 heavy (non-hydrogen) atoms. The first-order chi connectivity index (χ1) is 8.70. The molecule has 0 saturated heterocycles. The Morgan fingerprint density at radius 2 is 2.11 bits per heavy atom. The van der Waals surface area contributed by atoms with Gasteiger partial charge < -0.3 is 10.1 Å². The van der Waals surface area contributed by atoms with Gasteiger partial charge in [0, 0.05) is 6.04 Å². The molecule has 0 aliphatic heterocycles. The fourth-order valence-corrected chi connectivity index (χ4v) is 2.34. The van der Waals surface area contributed by atoms with Crippen LogP contribution in [0.4, 0.5) is 5.82 Å². The predicted octanol–water partition coefficient (Wildman–Crippen LogP) is 2.25. The molecule has 1 saturated carbocycles. The van der Waals surface area contributed by atoms with Gasteiger partial charge in [0.05, 0.1) is 7.11 Å². The Bertz CT molecular complexity index is 405. The van der Waals surface area contributed by atoms with Crippen molar-refractivity contribution in [2.75, 3.05) is 12.4 Å². The summed E-state index contributed by atoms with van der Waals surface area (Å²) >= 11 is 0. The maximum absolute atomic E-state index is 11.2. The molecule has 1 aromatic heterocycles. The summed E-state index contributed by atoms with van der Waals surface area (Å²) in [4.78, 5) is 11.2. The minimum Gasteiger partial charge on any atom is -0.464 e. The predicted molar refractivity (Wildman–Crippen MR) is 68.4 cm³/mol. The van der Waals surface area contributed by atoms with Crippen LogP contribution >= 0.6 is 0 Å². The highest BCUT2D eigenvalue weighted by atomic mass is 16.5. The Morgan fingerprint density at radius 1 is 1.33 bits per heavy atom. The second-order valence-electron chi connectivity index (χ2n) is 4.81. The number of methoxy groups -OCH3 is 1. The summed E-state index contributed by atoms with van der Waals surface area (Å²) in [6.45, 7) is 2.26. The SMILES string of the molecule is COC(=O)c1ccc(N[C@@H]2CCCC[C@H]2C)nn1. The molecule has 1 aromatic rings. The van der Waals surface area contributed by atoms with Crippen LogP contribution in [0.1, 0.15) is 43.1 Å². The van der Waals surface area contributed by atoms with Crippen LogP contribution in [0.25, 0.3) is 0 Å². The molecule has 1 aliphatic rings. The van der Waals surface area contributed by atoms with E-state index in [1.165, 1.54) is 32.8 Å². The van der Waals surface area contributed by atoms with E-state index in [1.807, 2.05) is 0 Å². The van der Waals surface area contributed by atoms with Crippen molar-refractivity contribution < 1.29 is 9.53 Å². The number of nitrogens with zero attached hydrogens (tertiary/aromatic N) is 2. The number of hydrogen-bond acceptors (Lipinski definition) is 5. The molecule has 98 valence electrons. The number of carbonyl (C=O) groups is 1. The quantitative estimate of drug-likeness (QED) is 0.832. The molecular formula is C13H19N3O2. The van der Waals surface area contributed by atoms with Crippen LogP contribution in [0.2, 0.25) is 0 Å². The van der Waals surface area contributed by atoms with Crippen molar-refractivity contribution in [1.82, 2.24) is 10.2 Å². The number of carbonyl (C=O) groups excluding carboxylic acids is 1. The van der Waals surface area contributed by atoms with Crippen LogP contribution < -0.4 is 5.32 Å². The second kappa shape index (κ2) is 5.80. The van der Waals surface area contributed by atoms with Crippen molar-refractivity contribution >= 4 is 11.8 Å². The molecule has 2 rings (SSSR count). The summed E-state index contributed by atoms with van der Waals surface area (Å²) in [5, 5.41) is 11.3. The molecule has 5 heteroatoms. The zero-order valence-corrected chi connectivity index (χ0v) is 10.8. The van der Waals surface area contributed by atoms with Gasteiger partial charge in [-0.2, -0.15) is 0 Å². The Labute approximate surface area is 107 Å². The molecule has 1 fully saturated rings. The minimum atomic E-state index is -0.458. The van der Waals surface area contributed by atoms with E-state index in [-0.39, 0.29) is 5.69 Å². The summed E-state index contributed by atoms with van der Waals surface area (Å²) in [5.41, 5.74) is 0.236. The van der Waals surface area contributed by atoms with E-state index >= 15 is 0 Å². The average molecular weight is 249 g/mol. The first kappa shape index (κ1) is 12.8. The topological polar surface area (TPSA) is 64.1 Å². The van der Waals surface area contributed by atoms with Crippen molar-refractivity contribution in [2.45, 2.75) is 38.6 Å². The monoisotopic (exact) mass is 249 g/mol. The lowest BCUT2D eigenvalue weighted by molar-refractivity contribution is 0.0593. The van der Waals surface area contributed by atoms with Crippen molar-refractivity contribution in [3.05, 3.63) is 17.8 Å². The van der Waals surface area contributed by atoms with Gasteiger partial charge in [-0.25, -0.2) is 4.79 Å². The van der Waals surface area contributed by atoms with Gasteiger partial charge in [0.25, 0.3) is 0 Å². The molecular weight excluding hydrogens is 230 g/mol. The second-order valence-corrected chi connectivity index (χ2v) is 4.81. The van der Waals surface area contributed by atoms with Gasteiger partial charge in [0.15, 0.2) is 5.69 Å². The van der Waals surface area contributed by atoms with Crippen LogP contribution in [0.15, 0.2) is 12.1 Å². The molecule has 1 heterocycles. The van der Waals surface area contributed by atoms with Crippen LogP contribution in [-0.4, -0.2) is 29.3 Å². The van der Waals surface area contributed by atoms with Crippen LogP contribution in [0, 0.1) is 5.92 Å². The third-order valence-corrected chi connectivity index (χ3v) is 3.50. The van der Waals surface area contributed by atoms with Gasteiger partial charge in [-0.15, -0.1) is 10.2 Å². The van der Waals surface area contributed by atoms with Gasteiger partial charge in [-0.05, 0) is 30.9 Å². The van der Waals surface area contributed by atoms with Gasteiger partial charge in [-0.1, -0.05) is 19.8 Å². The molecule has 0 bridgehead atoms. The maximum Gasteiger partial charge on any atom is 0.358 e. The van der Waals surface area contributed by atoms with Crippen molar-refractivity contribution in [3.63, 3.8) is 0 Å². The summed E-state index contributed by atoms with van der Waals surface area (Å²) in [6.07, 6.45) is 4.99. The molecule has 0 amide bonds. The largest absolute Gasteiger partial charge is 0.464 e. The first-order valence-electron chi connectivity index (χ1n) is 6.39. The standard InChI is InChI=1S/C13H19N3O2/c1-9-5-3-4-6-10(9)14-12-8-7-11(15-16-12)13(17)18-2/h7-10H,3-6H2,1-2H3,(H,14,16)/t9-,10-/m1/s1. The van der Waals surface area contributed by atoms with Crippen LogP contribution in [0.3, 0.4) is 0 Å². The van der Waals surface area contributed by atoms with Gasteiger partial charge in [-0.3, -0.25) is 0 Å². The number of rotatable bonds is 3. The summed E-state index contributed by atoms with van der Waals surface area (Å²) in [6, 6.07) is 3.87. The normalized spacial score (nSPS) is 23.4. The summed E-state index contributed by atoms with van der Waals surface area (Å²) in [5.74, 6) is 0.919. The van der Waals surface area contributed by atoms with E-state index in [1.54, 1.807) is 12.1 Å². The Kier molecular flexibility index (Phi) is 4.12. The molecule has 1 aliphatic carbocycles. The highest BCUT2D eigenvalue weighted by molar-refractivity contribution is 5.86. The number of nitrogens with one attached hydrogen (secondary N) is 1. The zero-order chi connectivity index (χ0) is 13.0. The number of esters is 1. The van der Waals surface area contributed by atoms with E-state index in [2.05, 4.69) is 27.2 Å². The third-order valence-electron chi connectivity index (χ3n) is 3.50. The zero-order valence-electron chi connectivity index (χ0n) is 10.8. The van der Waals surface area contributed by atoms with E-state index in [4.69, 9.17) is 0 Å². The number of ether oxygens (including phenoxy) is 1. The van der Waals surface area contributed by atoms with E-state index < -0.39 is 5.97 Å². The average Bonchev–Trinajstić information content (AvgIpc) is 2.41. The number of hydrogen-bond donors (Lipinski definition) is 1. The van der Waals surface area contributed by atoms with Crippen molar-refractivity contribution in [2.24, 2.45) is 5.92 Å². The number of anilines is 1. The van der Waals surface area contributed by atoms with Gasteiger partial charge >= 0.3 is 5.97 Å². The lowest BCUT2D eigenvalue weighted by Crippen LogP contribution is -2.30. The lowest BCUT2D eigenvalue weighted by atomic mass is 9.86. The Hall–Kier alpha value is -1.65. The van der Waals surface area contributed by atoms with Gasteiger partial charge in [0.2, 0.25) is 0 Å². The van der Waals surface area contributed by atoms with E-state index in [0.29, 0.717) is 12.0 Å². The first-order valence-corrected chi connectivity index (χ1v) is 6.39. The molecule has 0 spiro atoms. The molecule has 2 atom stereocenters. The molecule has 0 radical (unpaired) electrons. The lowest BCUT2D eigenvalue weighted by Gasteiger charge is -2.29. The third kappa shape index (κ3) is 2.97. The smallest absolute Gasteiger partial charge is 0.358 e. The highest BCUT2D eigenvalue weighted by Crippen LogP contribution is 2.26. The van der Waals surface area contributed by atoms with E-state index in [0.717, 1.165) is 5.82 Å². The molecule has 5 nitrogen and oxygen atoms in total. The minimum absolute atomic E-state index is 0.236. The van der Waals surface area contributed by atoms with Crippen molar-refractivity contribution in [3.8, 4) is 0 Å². The summed E-state index contributed by atoms with van der Waals surface area (Å²) in [7, 11) is 1.33. The Balaban J connectivity index is 1.99. The van der Waals surface area contributed by atoms with Crippen molar-refractivity contribution in [1.29, 1.82) is 0 Å². The maximum atomic E-state index is 11.2. The summed E-state index contributed by atoms with van der Waals surface area (Å²) < 4.78 is 4.58. The molecule has 1 N–H and O–H groups in total. The van der Waals surface area contributed by atoms with E-state index in [9.17, 15) is 4.79 Å². The van der Waals surface area contributed by atoms with Gasteiger partial charge in [0.1, 0.15) is 5.82 Å². The fraction of sp³-hybridized carbons (Fsp3) is 0.615. The highest BCUT2D eigenvalue weighted by Gasteiger charge is 2.21. The molecule has 0 unspecified atom stereocenters. The number of aromatic nitrogens is 2. The van der Waals surface area contributed by atoms with Crippen LogP contribution in [-0.2, 0) is 4.74 Å².